The molecule has 16 heavy (non-hydrogen) atoms. The summed E-state index contributed by atoms with van der Waals surface area (Å²) in [4.78, 5) is 11.7. The minimum atomic E-state index is 0.207. The minimum absolute atomic E-state index is 0.207. The summed E-state index contributed by atoms with van der Waals surface area (Å²) in [5.74, 6) is 1.30. The molecule has 0 aromatic carbocycles. The number of nitrogens with one attached hydrogen (secondary N) is 1. The van der Waals surface area contributed by atoms with Crippen LogP contribution in [0.3, 0.4) is 0 Å². The predicted octanol–water partition coefficient (Wildman–Crippen LogP) is 2.06. The van der Waals surface area contributed by atoms with Crippen LogP contribution in [-0.4, -0.2) is 18.5 Å². The Bertz CT molecular complexity index is 218. The van der Waals surface area contributed by atoms with Gasteiger partial charge in [-0.15, -0.1) is 0 Å². The van der Waals surface area contributed by atoms with E-state index in [1.54, 1.807) is 0 Å². The maximum Gasteiger partial charge on any atom is 0.220 e. The highest BCUT2D eigenvalue weighted by Crippen LogP contribution is 2.23. The zero-order valence-electron chi connectivity index (χ0n) is 10.7. The van der Waals surface area contributed by atoms with Gasteiger partial charge in [0.25, 0.3) is 0 Å². The minimum Gasteiger partial charge on any atom is -0.353 e. The van der Waals surface area contributed by atoms with E-state index >= 15 is 0 Å². The zero-order valence-corrected chi connectivity index (χ0v) is 10.7. The van der Waals surface area contributed by atoms with Gasteiger partial charge in [0, 0.05) is 12.5 Å². The number of hydrogen-bond acceptors (Lipinski definition) is 2. The van der Waals surface area contributed by atoms with Crippen molar-refractivity contribution in [3.05, 3.63) is 0 Å². The molecule has 3 heteroatoms. The molecule has 0 aromatic rings. The van der Waals surface area contributed by atoms with E-state index in [4.69, 9.17) is 5.73 Å². The van der Waals surface area contributed by atoms with Gasteiger partial charge in [-0.2, -0.15) is 0 Å². The van der Waals surface area contributed by atoms with Crippen molar-refractivity contribution in [3.63, 3.8) is 0 Å². The summed E-state index contributed by atoms with van der Waals surface area (Å²) in [6.45, 7) is 5.01. The van der Waals surface area contributed by atoms with Crippen molar-refractivity contribution in [2.75, 3.05) is 6.54 Å². The fraction of sp³-hybridized carbons (Fsp3) is 0.923. The second-order valence-electron chi connectivity index (χ2n) is 5.32. The van der Waals surface area contributed by atoms with Crippen LogP contribution in [0, 0.1) is 11.8 Å². The van der Waals surface area contributed by atoms with Gasteiger partial charge in [0.1, 0.15) is 0 Å². The second-order valence-corrected chi connectivity index (χ2v) is 5.32. The van der Waals surface area contributed by atoms with E-state index in [1.165, 1.54) is 19.3 Å². The Labute approximate surface area is 99.2 Å². The topological polar surface area (TPSA) is 55.1 Å². The fourth-order valence-electron chi connectivity index (χ4n) is 2.30. The van der Waals surface area contributed by atoms with Crippen LogP contribution in [0.5, 0.6) is 0 Å². The Morgan fingerprint density at radius 1 is 1.44 bits per heavy atom. The molecule has 1 aliphatic carbocycles. The van der Waals surface area contributed by atoms with Crippen molar-refractivity contribution >= 4 is 5.91 Å². The molecule has 1 aliphatic rings. The van der Waals surface area contributed by atoms with Crippen molar-refractivity contribution in [1.29, 1.82) is 0 Å². The van der Waals surface area contributed by atoms with Gasteiger partial charge in [0.2, 0.25) is 5.91 Å². The van der Waals surface area contributed by atoms with Gasteiger partial charge in [0.15, 0.2) is 0 Å². The molecule has 1 amide bonds. The van der Waals surface area contributed by atoms with Crippen molar-refractivity contribution in [3.8, 4) is 0 Å². The third kappa shape index (κ3) is 4.52. The summed E-state index contributed by atoms with van der Waals surface area (Å²) >= 11 is 0. The normalized spacial score (nSPS) is 27.4. The summed E-state index contributed by atoms with van der Waals surface area (Å²) in [6.07, 6.45) is 6.51. The lowest BCUT2D eigenvalue weighted by Gasteiger charge is -2.29. The van der Waals surface area contributed by atoms with Crippen molar-refractivity contribution in [2.24, 2.45) is 17.6 Å². The maximum atomic E-state index is 11.7. The van der Waals surface area contributed by atoms with Crippen LogP contribution < -0.4 is 11.1 Å². The van der Waals surface area contributed by atoms with Crippen LogP contribution in [-0.2, 0) is 4.79 Å². The average Bonchev–Trinajstić information content (AvgIpc) is 2.29. The molecule has 1 saturated carbocycles. The maximum absolute atomic E-state index is 11.7. The van der Waals surface area contributed by atoms with E-state index in [-0.39, 0.29) is 5.91 Å². The number of rotatable bonds is 5. The van der Waals surface area contributed by atoms with E-state index < -0.39 is 0 Å². The highest BCUT2D eigenvalue weighted by molar-refractivity contribution is 5.76. The molecule has 94 valence electrons. The van der Waals surface area contributed by atoms with E-state index in [0.29, 0.717) is 30.8 Å². The molecule has 0 aromatic heterocycles. The van der Waals surface area contributed by atoms with Gasteiger partial charge >= 0.3 is 0 Å². The van der Waals surface area contributed by atoms with Crippen LogP contribution in [0.1, 0.15) is 52.4 Å². The number of nitrogens with two attached hydrogens (primary N) is 1. The molecule has 0 aliphatic heterocycles. The molecule has 0 heterocycles. The van der Waals surface area contributed by atoms with Gasteiger partial charge in [0.05, 0.1) is 0 Å². The van der Waals surface area contributed by atoms with E-state index in [9.17, 15) is 4.79 Å². The molecule has 0 bridgehead atoms. The Balaban J connectivity index is 2.22. The van der Waals surface area contributed by atoms with Crippen LogP contribution >= 0.6 is 0 Å². The zero-order chi connectivity index (χ0) is 12.0. The fourth-order valence-corrected chi connectivity index (χ4v) is 2.30. The largest absolute Gasteiger partial charge is 0.353 e. The third-order valence-corrected chi connectivity index (χ3v) is 3.72. The standard InChI is InChI=1S/C13H26N2O/c1-10(9-14)7-8-13(16)15-12-6-4-3-5-11(12)2/h10-12H,3-9,14H2,1-2H3,(H,15,16). The second kappa shape index (κ2) is 6.89. The number of carbonyl (C=O) groups is 1. The van der Waals surface area contributed by atoms with Crippen LogP contribution in [0.4, 0.5) is 0 Å². The quantitative estimate of drug-likeness (QED) is 0.754. The predicted molar refractivity (Wildman–Crippen MR) is 67.0 cm³/mol. The lowest BCUT2D eigenvalue weighted by atomic mass is 9.86. The first-order valence-corrected chi connectivity index (χ1v) is 6.63. The van der Waals surface area contributed by atoms with Gasteiger partial charge in [-0.1, -0.05) is 26.7 Å². The van der Waals surface area contributed by atoms with Crippen molar-refractivity contribution in [2.45, 2.75) is 58.4 Å². The third-order valence-electron chi connectivity index (χ3n) is 3.72. The van der Waals surface area contributed by atoms with Gasteiger partial charge in [-0.25, -0.2) is 0 Å². The first kappa shape index (κ1) is 13.5. The van der Waals surface area contributed by atoms with Crippen molar-refractivity contribution < 1.29 is 4.79 Å². The Kier molecular flexibility index (Phi) is 5.81. The SMILES string of the molecule is CC(CN)CCC(=O)NC1CCCCC1C. The molecule has 1 fully saturated rings. The van der Waals surface area contributed by atoms with Crippen LogP contribution in [0.15, 0.2) is 0 Å². The monoisotopic (exact) mass is 226 g/mol. The van der Waals surface area contributed by atoms with Gasteiger partial charge in [-0.05, 0) is 37.6 Å². The first-order chi connectivity index (χ1) is 7.63. The lowest BCUT2D eigenvalue weighted by Crippen LogP contribution is -2.41. The molecule has 3 atom stereocenters. The summed E-state index contributed by atoms with van der Waals surface area (Å²) in [7, 11) is 0. The van der Waals surface area contributed by atoms with E-state index in [1.807, 2.05) is 0 Å². The smallest absolute Gasteiger partial charge is 0.220 e. The van der Waals surface area contributed by atoms with Gasteiger partial charge in [-0.3, -0.25) is 4.79 Å². The Morgan fingerprint density at radius 3 is 2.75 bits per heavy atom. The Hall–Kier alpha value is -0.570. The summed E-state index contributed by atoms with van der Waals surface area (Å²) in [5.41, 5.74) is 5.53. The number of hydrogen-bond donors (Lipinski definition) is 2. The molecule has 0 saturated heterocycles. The number of amides is 1. The lowest BCUT2D eigenvalue weighted by molar-refractivity contribution is -0.122. The van der Waals surface area contributed by atoms with E-state index in [2.05, 4.69) is 19.2 Å². The first-order valence-electron chi connectivity index (χ1n) is 6.63. The van der Waals surface area contributed by atoms with Crippen LogP contribution in [0.25, 0.3) is 0 Å². The van der Waals surface area contributed by atoms with Crippen molar-refractivity contribution in [1.82, 2.24) is 5.32 Å². The molecule has 1 rings (SSSR count). The molecule has 3 nitrogen and oxygen atoms in total. The number of carbonyl (C=O) groups excluding carboxylic acids is 1. The van der Waals surface area contributed by atoms with Crippen LogP contribution in [0.2, 0.25) is 0 Å². The van der Waals surface area contributed by atoms with E-state index in [0.717, 1.165) is 12.8 Å². The molecule has 0 spiro atoms. The summed E-state index contributed by atoms with van der Waals surface area (Å²) in [6, 6.07) is 0.412. The molecular formula is C13H26N2O. The molecule has 3 unspecified atom stereocenters. The average molecular weight is 226 g/mol. The van der Waals surface area contributed by atoms with Gasteiger partial charge < -0.3 is 11.1 Å². The molecular weight excluding hydrogens is 200 g/mol. The highest BCUT2D eigenvalue weighted by atomic mass is 16.1. The summed E-state index contributed by atoms with van der Waals surface area (Å²) < 4.78 is 0. The molecule has 0 radical (unpaired) electrons. The summed E-state index contributed by atoms with van der Waals surface area (Å²) in [5, 5.41) is 3.17. The highest BCUT2D eigenvalue weighted by Gasteiger charge is 2.22. The molecule has 3 N–H and O–H groups in total. The Morgan fingerprint density at radius 2 is 2.12 bits per heavy atom.